The molecule has 2 aromatic carbocycles. The Morgan fingerprint density at radius 1 is 0.909 bits per heavy atom. The first-order valence-corrected chi connectivity index (χ1v) is 7.70. The number of hydrogen-bond donors (Lipinski definition) is 2. The van der Waals surface area contributed by atoms with Crippen LogP contribution in [0.2, 0.25) is 0 Å². The minimum absolute atomic E-state index is 0.0240. The van der Waals surface area contributed by atoms with E-state index in [1.807, 2.05) is 6.92 Å². The van der Waals surface area contributed by atoms with E-state index >= 15 is 0 Å². The Morgan fingerprint density at radius 3 is 1.82 bits per heavy atom. The molecule has 116 valence electrons. The van der Waals surface area contributed by atoms with Crippen LogP contribution in [0.25, 0.3) is 11.1 Å². The van der Waals surface area contributed by atoms with Crippen molar-refractivity contribution in [1.82, 2.24) is 4.90 Å². The van der Waals surface area contributed by atoms with E-state index < -0.39 is 5.41 Å². The van der Waals surface area contributed by atoms with Crippen LogP contribution in [-0.4, -0.2) is 41.9 Å². The second-order valence-electron chi connectivity index (χ2n) is 6.62. The van der Waals surface area contributed by atoms with Gasteiger partial charge in [0.15, 0.2) is 0 Å². The molecule has 0 atom stereocenters. The molecule has 0 unspecified atom stereocenters. The van der Waals surface area contributed by atoms with Crippen LogP contribution in [-0.2, 0) is 0 Å². The molecule has 0 saturated heterocycles. The molecular formula is C19H23NO2. The number of benzene rings is 2. The van der Waals surface area contributed by atoms with E-state index in [4.69, 9.17) is 0 Å². The molecule has 0 aliphatic heterocycles. The molecular weight excluding hydrogens is 274 g/mol. The Bertz CT molecular complexity index is 618. The van der Waals surface area contributed by atoms with Crippen molar-refractivity contribution >= 4 is 0 Å². The van der Waals surface area contributed by atoms with Crippen LogP contribution >= 0.6 is 0 Å². The maximum atomic E-state index is 9.58. The number of hydrogen-bond acceptors (Lipinski definition) is 3. The fourth-order valence-corrected chi connectivity index (χ4v) is 3.45. The molecule has 0 spiro atoms. The Hall–Kier alpha value is -1.68. The van der Waals surface area contributed by atoms with E-state index in [0.717, 1.165) is 0 Å². The fraction of sp³-hybridized carbons (Fsp3) is 0.368. The summed E-state index contributed by atoms with van der Waals surface area (Å²) in [6, 6.07) is 17.1. The van der Waals surface area contributed by atoms with Crippen LogP contribution in [0.4, 0.5) is 0 Å². The molecule has 1 aliphatic rings. The smallest absolute Gasteiger partial charge is 0.0611 e. The molecule has 22 heavy (non-hydrogen) atoms. The van der Waals surface area contributed by atoms with Crippen LogP contribution in [0, 0.1) is 5.41 Å². The molecule has 0 saturated carbocycles. The summed E-state index contributed by atoms with van der Waals surface area (Å²) in [4.78, 5) is 2.23. The van der Waals surface area contributed by atoms with E-state index in [1.54, 1.807) is 0 Å². The number of fused-ring (bicyclic) bond motifs is 3. The molecule has 0 radical (unpaired) electrons. The van der Waals surface area contributed by atoms with Gasteiger partial charge in [0, 0.05) is 12.0 Å². The SMILES string of the molecule is CN(CC(C)(CO)CO)C1c2ccccc2-c2ccccc21. The normalized spacial score (nSPS) is 14.2. The van der Waals surface area contributed by atoms with Crippen molar-refractivity contribution in [2.24, 2.45) is 5.41 Å². The third-order valence-electron chi connectivity index (χ3n) is 4.64. The van der Waals surface area contributed by atoms with Crippen molar-refractivity contribution in [3.05, 3.63) is 59.7 Å². The lowest BCUT2D eigenvalue weighted by molar-refractivity contribution is 0.0353. The van der Waals surface area contributed by atoms with Crippen LogP contribution in [0.1, 0.15) is 24.1 Å². The third kappa shape index (κ3) is 2.45. The third-order valence-corrected chi connectivity index (χ3v) is 4.64. The molecule has 0 heterocycles. The monoisotopic (exact) mass is 297 g/mol. The van der Waals surface area contributed by atoms with Crippen molar-refractivity contribution in [2.45, 2.75) is 13.0 Å². The quantitative estimate of drug-likeness (QED) is 0.892. The Balaban J connectivity index is 2.00. The molecule has 3 rings (SSSR count). The average molecular weight is 297 g/mol. The van der Waals surface area contributed by atoms with Crippen LogP contribution in [0.5, 0.6) is 0 Å². The highest BCUT2D eigenvalue weighted by atomic mass is 16.3. The number of rotatable bonds is 5. The molecule has 0 aromatic heterocycles. The zero-order valence-corrected chi connectivity index (χ0v) is 13.2. The Kier molecular flexibility index (Phi) is 4.04. The van der Waals surface area contributed by atoms with Gasteiger partial charge < -0.3 is 10.2 Å². The predicted molar refractivity (Wildman–Crippen MR) is 88.6 cm³/mol. The maximum absolute atomic E-state index is 9.58. The van der Waals surface area contributed by atoms with E-state index in [9.17, 15) is 10.2 Å². The van der Waals surface area contributed by atoms with Gasteiger partial charge in [-0.15, -0.1) is 0 Å². The average Bonchev–Trinajstić information content (AvgIpc) is 2.89. The van der Waals surface area contributed by atoms with E-state index in [1.165, 1.54) is 22.3 Å². The van der Waals surface area contributed by atoms with Gasteiger partial charge in [0.1, 0.15) is 0 Å². The Morgan fingerprint density at radius 2 is 1.36 bits per heavy atom. The van der Waals surface area contributed by atoms with Gasteiger partial charge in [0.05, 0.1) is 19.3 Å². The molecule has 3 nitrogen and oxygen atoms in total. The predicted octanol–water partition coefficient (Wildman–Crippen LogP) is 2.68. The summed E-state index contributed by atoms with van der Waals surface area (Å²) in [6.07, 6.45) is 0. The summed E-state index contributed by atoms with van der Waals surface area (Å²) in [5.41, 5.74) is 4.66. The highest BCUT2D eigenvalue weighted by molar-refractivity contribution is 5.78. The lowest BCUT2D eigenvalue weighted by Gasteiger charge is -2.34. The lowest BCUT2D eigenvalue weighted by atomic mass is 9.91. The van der Waals surface area contributed by atoms with E-state index in [-0.39, 0.29) is 19.3 Å². The van der Waals surface area contributed by atoms with Crippen LogP contribution in [0.15, 0.2) is 48.5 Å². The molecule has 0 bridgehead atoms. The summed E-state index contributed by atoms with van der Waals surface area (Å²) < 4.78 is 0. The van der Waals surface area contributed by atoms with E-state index in [0.29, 0.717) is 6.54 Å². The van der Waals surface area contributed by atoms with Gasteiger partial charge in [-0.25, -0.2) is 0 Å². The molecule has 0 fully saturated rings. The van der Waals surface area contributed by atoms with Crippen molar-refractivity contribution in [1.29, 1.82) is 0 Å². The molecule has 1 aliphatic carbocycles. The summed E-state index contributed by atoms with van der Waals surface area (Å²) in [5.74, 6) is 0. The maximum Gasteiger partial charge on any atom is 0.0611 e. The standard InChI is InChI=1S/C19H23NO2/c1-19(12-21,13-22)11-20(2)18-16-9-5-3-7-14(16)15-8-4-6-10-17(15)18/h3-10,18,21-22H,11-13H2,1-2H3. The highest BCUT2D eigenvalue weighted by Crippen LogP contribution is 2.46. The fourth-order valence-electron chi connectivity index (χ4n) is 3.45. The Labute approximate surface area is 131 Å². The summed E-state index contributed by atoms with van der Waals surface area (Å²) in [6.45, 7) is 2.50. The summed E-state index contributed by atoms with van der Waals surface area (Å²) >= 11 is 0. The van der Waals surface area contributed by atoms with Gasteiger partial charge in [-0.05, 0) is 29.3 Å². The summed E-state index contributed by atoms with van der Waals surface area (Å²) in [5, 5.41) is 19.2. The van der Waals surface area contributed by atoms with Crippen molar-refractivity contribution < 1.29 is 10.2 Å². The first kappa shape index (κ1) is 15.2. The molecule has 0 amide bonds. The van der Waals surface area contributed by atoms with Gasteiger partial charge in [-0.1, -0.05) is 55.5 Å². The first-order valence-electron chi connectivity index (χ1n) is 7.70. The van der Waals surface area contributed by atoms with E-state index in [2.05, 4.69) is 60.5 Å². The van der Waals surface area contributed by atoms with Gasteiger partial charge in [0.25, 0.3) is 0 Å². The minimum Gasteiger partial charge on any atom is -0.396 e. The highest BCUT2D eigenvalue weighted by Gasteiger charge is 2.34. The molecule has 2 N–H and O–H groups in total. The van der Waals surface area contributed by atoms with Gasteiger partial charge in [-0.3, -0.25) is 4.90 Å². The number of aliphatic hydroxyl groups is 2. The summed E-state index contributed by atoms with van der Waals surface area (Å²) in [7, 11) is 2.06. The number of aliphatic hydroxyl groups excluding tert-OH is 2. The topological polar surface area (TPSA) is 43.7 Å². The lowest BCUT2D eigenvalue weighted by Crippen LogP contribution is -2.40. The van der Waals surface area contributed by atoms with Gasteiger partial charge in [0.2, 0.25) is 0 Å². The second kappa shape index (κ2) is 5.84. The molecule has 3 heteroatoms. The van der Waals surface area contributed by atoms with Crippen LogP contribution in [0.3, 0.4) is 0 Å². The largest absolute Gasteiger partial charge is 0.396 e. The zero-order chi connectivity index (χ0) is 15.7. The molecule has 2 aromatic rings. The van der Waals surface area contributed by atoms with Crippen molar-refractivity contribution in [3.63, 3.8) is 0 Å². The number of nitrogens with zero attached hydrogens (tertiary/aromatic N) is 1. The first-order chi connectivity index (χ1) is 10.6. The van der Waals surface area contributed by atoms with Crippen LogP contribution < -0.4 is 0 Å². The second-order valence-corrected chi connectivity index (χ2v) is 6.62. The zero-order valence-electron chi connectivity index (χ0n) is 13.2. The van der Waals surface area contributed by atoms with Crippen molar-refractivity contribution in [3.8, 4) is 11.1 Å². The van der Waals surface area contributed by atoms with Crippen molar-refractivity contribution in [2.75, 3.05) is 26.8 Å². The van der Waals surface area contributed by atoms with Gasteiger partial charge in [-0.2, -0.15) is 0 Å². The minimum atomic E-state index is -0.499. The van der Waals surface area contributed by atoms with Gasteiger partial charge >= 0.3 is 0 Å².